The second-order valence-electron chi connectivity index (χ2n) is 10.8. The molecule has 1 amide bonds. The van der Waals surface area contributed by atoms with Crippen molar-refractivity contribution >= 4 is 44.1 Å². The molecule has 3 heterocycles. The molecule has 1 N–H and O–H groups in total. The average Bonchev–Trinajstić information content (AvgIpc) is 3.72. The molecule has 0 radical (unpaired) electrons. The molecule has 1 fully saturated rings. The number of nitrogens with zero attached hydrogens (tertiary/aromatic N) is 2. The lowest BCUT2D eigenvalue weighted by Gasteiger charge is -2.23. The van der Waals surface area contributed by atoms with Gasteiger partial charge in [-0.2, -0.15) is 0 Å². The van der Waals surface area contributed by atoms with E-state index in [2.05, 4.69) is 0 Å². The van der Waals surface area contributed by atoms with Crippen LogP contribution in [-0.4, -0.2) is 35.0 Å². The summed E-state index contributed by atoms with van der Waals surface area (Å²) in [5.41, 5.74) is 3.72. The second-order valence-corrected chi connectivity index (χ2v) is 11.8. The summed E-state index contributed by atoms with van der Waals surface area (Å²) < 4.78 is 18.0. The van der Waals surface area contributed by atoms with E-state index in [1.807, 2.05) is 67.6 Å². The Morgan fingerprint density at radius 3 is 2.55 bits per heavy atom. The third-order valence-corrected chi connectivity index (χ3v) is 8.87. The molecule has 220 valence electrons. The minimum absolute atomic E-state index is 0.00305. The molecule has 8 nitrogen and oxygen atoms in total. The summed E-state index contributed by atoms with van der Waals surface area (Å²) in [5.74, 6) is 0.262. The van der Waals surface area contributed by atoms with Gasteiger partial charge in [0.15, 0.2) is 5.13 Å². The number of aliphatic hydroxyl groups excluding tert-OH is 1. The fourth-order valence-electron chi connectivity index (χ4n) is 5.68. The third-order valence-electron chi connectivity index (χ3n) is 7.85. The van der Waals surface area contributed by atoms with Gasteiger partial charge >= 0.3 is 5.91 Å². The summed E-state index contributed by atoms with van der Waals surface area (Å²) >= 11 is 1.28. The molecule has 1 saturated heterocycles. The van der Waals surface area contributed by atoms with Crippen molar-refractivity contribution in [3.05, 3.63) is 119 Å². The Balaban J connectivity index is 1.31. The van der Waals surface area contributed by atoms with E-state index in [0.717, 1.165) is 21.6 Å². The molecule has 4 aromatic carbocycles. The number of ether oxygens (including phenoxy) is 3. The van der Waals surface area contributed by atoms with E-state index in [1.165, 1.54) is 16.2 Å². The number of aromatic nitrogens is 1. The molecule has 2 aliphatic heterocycles. The van der Waals surface area contributed by atoms with Gasteiger partial charge in [0.2, 0.25) is 0 Å². The lowest BCUT2D eigenvalue weighted by Crippen LogP contribution is -2.29. The zero-order valence-electron chi connectivity index (χ0n) is 24.0. The number of benzene rings is 4. The average molecular weight is 605 g/mol. The monoisotopic (exact) mass is 604 g/mol. The number of amides is 1. The van der Waals surface area contributed by atoms with Crippen molar-refractivity contribution in [1.29, 1.82) is 0 Å². The maximum Gasteiger partial charge on any atom is 0.301 e. The Hall–Kier alpha value is -5.15. The SMILES string of the molecule is COc1ccc2nc(N3C(=O)C(=O)/C(=C(/O)c4ccc5c(c4)C[C@@H](C)O5)[C@@H]3c3ccc(OCc4ccccc4)cc3)sc2c1. The summed E-state index contributed by atoms with van der Waals surface area (Å²) in [6.45, 7) is 2.38. The number of ketones is 1. The first-order chi connectivity index (χ1) is 21.4. The van der Waals surface area contributed by atoms with Crippen LogP contribution in [0.3, 0.4) is 0 Å². The van der Waals surface area contributed by atoms with Crippen LogP contribution in [0.1, 0.15) is 35.2 Å². The van der Waals surface area contributed by atoms with E-state index in [0.29, 0.717) is 46.3 Å². The van der Waals surface area contributed by atoms with Gasteiger partial charge in [0.25, 0.3) is 5.78 Å². The number of hydrogen-bond donors (Lipinski definition) is 1. The molecular formula is C35H28N2O6S. The molecular weight excluding hydrogens is 576 g/mol. The van der Waals surface area contributed by atoms with Gasteiger partial charge in [0.05, 0.1) is 28.9 Å². The van der Waals surface area contributed by atoms with E-state index in [4.69, 9.17) is 19.2 Å². The van der Waals surface area contributed by atoms with Gasteiger partial charge in [0, 0.05) is 12.0 Å². The fourth-order valence-corrected chi connectivity index (χ4v) is 6.70. The first-order valence-corrected chi connectivity index (χ1v) is 15.0. The Morgan fingerprint density at radius 2 is 1.77 bits per heavy atom. The summed E-state index contributed by atoms with van der Waals surface area (Å²) in [7, 11) is 1.58. The number of anilines is 1. The molecule has 1 aromatic heterocycles. The van der Waals surface area contributed by atoms with E-state index in [9.17, 15) is 14.7 Å². The first-order valence-electron chi connectivity index (χ1n) is 14.2. The zero-order valence-corrected chi connectivity index (χ0v) is 24.8. The van der Waals surface area contributed by atoms with Crippen molar-refractivity contribution < 1.29 is 28.9 Å². The fraction of sp³-hybridized carbons (Fsp3) is 0.171. The van der Waals surface area contributed by atoms with E-state index in [1.54, 1.807) is 37.4 Å². The lowest BCUT2D eigenvalue weighted by molar-refractivity contribution is -0.132. The normalized spacial score (nSPS) is 18.8. The summed E-state index contributed by atoms with van der Waals surface area (Å²) in [5, 5.41) is 12.0. The molecule has 0 spiro atoms. The standard InChI is InChI=1S/C35H28N2O6S/c1-20-16-24-17-23(10-15-28(24)43-20)32(38)30-31(22-8-11-25(12-9-22)42-19-21-6-4-3-5-7-21)37(34(40)33(30)39)35-36-27-14-13-26(41-2)18-29(27)44-35/h3-15,17-18,20,31,38H,16,19H2,1-2H3/b32-30+/t20-,31+/m1/s1. The number of fused-ring (bicyclic) bond motifs is 2. The maximum absolute atomic E-state index is 13.7. The van der Waals surface area contributed by atoms with Crippen LogP contribution in [0, 0.1) is 0 Å². The number of Topliss-reactive ketones (excluding diaryl/α,β-unsaturated/α-hetero) is 1. The number of rotatable bonds is 7. The molecule has 7 rings (SSSR count). The van der Waals surface area contributed by atoms with Crippen LogP contribution in [0.15, 0.2) is 96.6 Å². The molecule has 5 aromatic rings. The zero-order chi connectivity index (χ0) is 30.4. The van der Waals surface area contributed by atoms with Gasteiger partial charge in [-0.05, 0) is 72.1 Å². The van der Waals surface area contributed by atoms with Crippen molar-refractivity contribution in [3.8, 4) is 17.2 Å². The van der Waals surface area contributed by atoms with Crippen molar-refractivity contribution in [1.82, 2.24) is 4.98 Å². The first kappa shape index (κ1) is 27.7. The van der Waals surface area contributed by atoms with Crippen molar-refractivity contribution in [2.75, 3.05) is 12.0 Å². The quantitative estimate of drug-likeness (QED) is 0.123. The van der Waals surface area contributed by atoms with E-state index < -0.39 is 17.7 Å². The van der Waals surface area contributed by atoms with Crippen LogP contribution in [-0.2, 0) is 22.6 Å². The van der Waals surface area contributed by atoms with Crippen LogP contribution < -0.4 is 19.1 Å². The number of carbonyl (C=O) groups excluding carboxylic acids is 2. The summed E-state index contributed by atoms with van der Waals surface area (Å²) in [6.07, 6.45) is 0.710. The molecule has 2 atom stereocenters. The lowest BCUT2D eigenvalue weighted by atomic mass is 9.94. The highest BCUT2D eigenvalue weighted by molar-refractivity contribution is 7.22. The Kier molecular flexibility index (Phi) is 7.02. The number of aliphatic hydroxyl groups is 1. The number of methoxy groups -OCH3 is 1. The molecule has 0 saturated carbocycles. The van der Waals surface area contributed by atoms with Crippen LogP contribution in [0.2, 0.25) is 0 Å². The van der Waals surface area contributed by atoms with Gasteiger partial charge in [-0.25, -0.2) is 4.98 Å². The smallest absolute Gasteiger partial charge is 0.301 e. The number of hydrogen-bond acceptors (Lipinski definition) is 8. The molecule has 0 unspecified atom stereocenters. The van der Waals surface area contributed by atoms with Crippen LogP contribution in [0.5, 0.6) is 17.2 Å². The third kappa shape index (κ3) is 4.95. The molecule has 0 bridgehead atoms. The Bertz CT molecular complexity index is 1930. The Labute approximate surface area is 257 Å². The van der Waals surface area contributed by atoms with Gasteiger partial charge in [0.1, 0.15) is 35.7 Å². The number of carbonyl (C=O) groups is 2. The van der Waals surface area contributed by atoms with Gasteiger partial charge < -0.3 is 19.3 Å². The van der Waals surface area contributed by atoms with Crippen LogP contribution in [0.25, 0.3) is 16.0 Å². The minimum Gasteiger partial charge on any atom is -0.507 e. The number of thiazole rings is 1. The van der Waals surface area contributed by atoms with Gasteiger partial charge in [-0.3, -0.25) is 14.5 Å². The van der Waals surface area contributed by atoms with Gasteiger partial charge in [-0.1, -0.05) is 53.8 Å². The molecule has 0 aliphatic carbocycles. The Morgan fingerprint density at radius 1 is 1.00 bits per heavy atom. The second kappa shape index (κ2) is 11.2. The highest BCUT2D eigenvalue weighted by atomic mass is 32.1. The topological polar surface area (TPSA) is 98.2 Å². The van der Waals surface area contributed by atoms with Gasteiger partial charge in [-0.15, -0.1) is 0 Å². The molecule has 44 heavy (non-hydrogen) atoms. The van der Waals surface area contributed by atoms with E-state index >= 15 is 0 Å². The van der Waals surface area contributed by atoms with Crippen LogP contribution in [0.4, 0.5) is 5.13 Å². The maximum atomic E-state index is 13.7. The highest BCUT2D eigenvalue weighted by Gasteiger charge is 2.48. The molecule has 2 aliphatic rings. The van der Waals surface area contributed by atoms with Crippen molar-refractivity contribution in [2.24, 2.45) is 0 Å². The highest BCUT2D eigenvalue weighted by Crippen LogP contribution is 2.45. The van der Waals surface area contributed by atoms with E-state index in [-0.39, 0.29) is 17.4 Å². The predicted molar refractivity (Wildman–Crippen MR) is 168 cm³/mol. The molecule has 9 heteroatoms. The van der Waals surface area contributed by atoms with Crippen LogP contribution >= 0.6 is 11.3 Å². The summed E-state index contributed by atoms with van der Waals surface area (Å²) in [6, 6.07) is 26.9. The largest absolute Gasteiger partial charge is 0.507 e. The van der Waals surface area contributed by atoms with Crippen molar-refractivity contribution in [2.45, 2.75) is 32.1 Å². The van der Waals surface area contributed by atoms with Crippen molar-refractivity contribution in [3.63, 3.8) is 0 Å². The predicted octanol–water partition coefficient (Wildman–Crippen LogP) is 6.83. The minimum atomic E-state index is -0.913. The summed E-state index contributed by atoms with van der Waals surface area (Å²) in [4.78, 5) is 33.5.